The van der Waals surface area contributed by atoms with Crippen LogP contribution in [0.1, 0.15) is 19.8 Å². The van der Waals surface area contributed by atoms with Gasteiger partial charge in [0.25, 0.3) is 0 Å². The monoisotopic (exact) mass is 157 g/mol. The van der Waals surface area contributed by atoms with Crippen molar-refractivity contribution in [3.8, 4) is 0 Å². The van der Waals surface area contributed by atoms with Crippen LogP contribution in [0.2, 0.25) is 0 Å². The molecule has 0 unspecified atom stereocenters. The Bertz CT molecular complexity index is 139. The van der Waals surface area contributed by atoms with E-state index in [2.05, 4.69) is 6.92 Å². The predicted molar refractivity (Wildman–Crippen MR) is 43.2 cm³/mol. The standard InChI is InChI=1S/C8H16N2O/c1-2-10-5-3-7(4-6-10)8(9)11/h7H,2-6H2,1H3,(H2,9,11)/p+1. The summed E-state index contributed by atoms with van der Waals surface area (Å²) in [6.07, 6.45) is 1.97. The minimum absolute atomic E-state index is 0.111. The SMILES string of the molecule is CC[NH+]1CCC(C(N)=O)CC1. The second-order valence-electron chi connectivity index (χ2n) is 3.28. The number of primary amides is 1. The maximum atomic E-state index is 10.8. The lowest BCUT2D eigenvalue weighted by atomic mass is 9.96. The normalized spacial score (nSPS) is 31.7. The third-order valence-electron chi connectivity index (χ3n) is 2.60. The summed E-state index contributed by atoms with van der Waals surface area (Å²) in [6.45, 7) is 5.58. The average Bonchev–Trinajstić information content (AvgIpc) is 2.05. The minimum Gasteiger partial charge on any atom is -0.369 e. The fraction of sp³-hybridized carbons (Fsp3) is 0.875. The van der Waals surface area contributed by atoms with Crippen molar-refractivity contribution in [2.75, 3.05) is 19.6 Å². The zero-order valence-electron chi connectivity index (χ0n) is 7.10. The Morgan fingerprint density at radius 3 is 2.45 bits per heavy atom. The van der Waals surface area contributed by atoms with Crippen molar-refractivity contribution in [2.24, 2.45) is 11.7 Å². The zero-order valence-corrected chi connectivity index (χ0v) is 7.10. The van der Waals surface area contributed by atoms with Crippen LogP contribution in [0.3, 0.4) is 0 Å². The Labute approximate surface area is 67.5 Å². The average molecular weight is 157 g/mol. The van der Waals surface area contributed by atoms with Crippen molar-refractivity contribution in [3.63, 3.8) is 0 Å². The minimum atomic E-state index is -0.111. The number of likely N-dealkylation sites (tertiary alicyclic amines) is 1. The van der Waals surface area contributed by atoms with Crippen molar-refractivity contribution >= 4 is 5.91 Å². The number of rotatable bonds is 2. The highest BCUT2D eigenvalue weighted by Crippen LogP contribution is 2.07. The summed E-state index contributed by atoms with van der Waals surface area (Å²) < 4.78 is 0. The number of quaternary nitrogens is 1. The predicted octanol–water partition coefficient (Wildman–Crippen LogP) is -1.21. The van der Waals surface area contributed by atoms with Crippen LogP contribution in [-0.2, 0) is 4.79 Å². The van der Waals surface area contributed by atoms with E-state index in [0.717, 1.165) is 25.9 Å². The smallest absolute Gasteiger partial charge is 0.220 e. The number of hydrogen-bond donors (Lipinski definition) is 2. The Hall–Kier alpha value is -0.570. The van der Waals surface area contributed by atoms with E-state index in [-0.39, 0.29) is 11.8 Å². The Kier molecular flexibility index (Phi) is 2.88. The van der Waals surface area contributed by atoms with Gasteiger partial charge in [0.15, 0.2) is 0 Å². The van der Waals surface area contributed by atoms with Gasteiger partial charge >= 0.3 is 0 Å². The summed E-state index contributed by atoms with van der Waals surface area (Å²) in [4.78, 5) is 12.4. The molecule has 0 aliphatic carbocycles. The van der Waals surface area contributed by atoms with Gasteiger partial charge in [-0.2, -0.15) is 0 Å². The highest BCUT2D eigenvalue weighted by atomic mass is 16.1. The van der Waals surface area contributed by atoms with Gasteiger partial charge in [0.05, 0.1) is 19.6 Å². The van der Waals surface area contributed by atoms with Crippen LogP contribution in [0.15, 0.2) is 0 Å². The number of nitrogens with two attached hydrogens (primary N) is 1. The van der Waals surface area contributed by atoms with Crippen molar-refractivity contribution < 1.29 is 9.69 Å². The van der Waals surface area contributed by atoms with Gasteiger partial charge in [-0.1, -0.05) is 0 Å². The molecule has 0 aromatic carbocycles. The highest BCUT2D eigenvalue weighted by Gasteiger charge is 2.24. The van der Waals surface area contributed by atoms with E-state index in [1.807, 2.05) is 0 Å². The van der Waals surface area contributed by atoms with E-state index in [0.29, 0.717) is 0 Å². The van der Waals surface area contributed by atoms with Crippen molar-refractivity contribution in [2.45, 2.75) is 19.8 Å². The lowest BCUT2D eigenvalue weighted by molar-refractivity contribution is -0.903. The van der Waals surface area contributed by atoms with Crippen LogP contribution in [0.5, 0.6) is 0 Å². The molecule has 0 bridgehead atoms. The number of amides is 1. The third kappa shape index (κ3) is 2.19. The van der Waals surface area contributed by atoms with E-state index in [4.69, 9.17) is 5.73 Å². The van der Waals surface area contributed by atoms with Crippen molar-refractivity contribution in [1.82, 2.24) is 0 Å². The molecule has 0 radical (unpaired) electrons. The van der Waals surface area contributed by atoms with E-state index in [1.54, 1.807) is 4.90 Å². The van der Waals surface area contributed by atoms with Gasteiger partial charge in [0.2, 0.25) is 5.91 Å². The molecule has 1 saturated heterocycles. The molecule has 0 saturated carbocycles. The topological polar surface area (TPSA) is 47.5 Å². The third-order valence-corrected chi connectivity index (χ3v) is 2.60. The van der Waals surface area contributed by atoms with Crippen LogP contribution in [0, 0.1) is 5.92 Å². The zero-order chi connectivity index (χ0) is 8.27. The molecule has 1 aliphatic rings. The summed E-state index contributed by atoms with van der Waals surface area (Å²) in [6, 6.07) is 0. The Morgan fingerprint density at radius 1 is 1.55 bits per heavy atom. The van der Waals surface area contributed by atoms with Crippen LogP contribution in [0.4, 0.5) is 0 Å². The largest absolute Gasteiger partial charge is 0.369 e. The van der Waals surface area contributed by atoms with Crippen molar-refractivity contribution in [3.05, 3.63) is 0 Å². The molecule has 3 heteroatoms. The number of nitrogens with one attached hydrogen (secondary N) is 1. The summed E-state index contributed by atoms with van der Waals surface area (Å²) in [5.74, 6) is 0.0467. The molecule has 0 atom stereocenters. The van der Waals surface area contributed by atoms with E-state index in [9.17, 15) is 4.79 Å². The first kappa shape index (κ1) is 8.53. The van der Waals surface area contributed by atoms with Gasteiger partial charge in [0, 0.05) is 18.8 Å². The molecule has 1 rings (SSSR count). The van der Waals surface area contributed by atoms with Gasteiger partial charge in [-0.15, -0.1) is 0 Å². The number of carbonyl (C=O) groups excluding carboxylic acids is 1. The Morgan fingerprint density at radius 2 is 2.09 bits per heavy atom. The van der Waals surface area contributed by atoms with Gasteiger partial charge < -0.3 is 10.6 Å². The fourth-order valence-electron chi connectivity index (χ4n) is 1.66. The number of carbonyl (C=O) groups is 1. The Balaban J connectivity index is 2.30. The van der Waals surface area contributed by atoms with Crippen LogP contribution >= 0.6 is 0 Å². The van der Waals surface area contributed by atoms with Gasteiger partial charge in [-0.05, 0) is 6.92 Å². The maximum absolute atomic E-state index is 10.8. The molecule has 3 nitrogen and oxygen atoms in total. The molecular weight excluding hydrogens is 140 g/mol. The first-order valence-corrected chi connectivity index (χ1v) is 4.37. The van der Waals surface area contributed by atoms with Gasteiger partial charge in [-0.3, -0.25) is 4.79 Å². The molecule has 0 aromatic heterocycles. The van der Waals surface area contributed by atoms with Crippen molar-refractivity contribution in [1.29, 1.82) is 0 Å². The fourth-order valence-corrected chi connectivity index (χ4v) is 1.66. The number of piperidine rings is 1. The number of hydrogen-bond acceptors (Lipinski definition) is 1. The summed E-state index contributed by atoms with van der Waals surface area (Å²) in [7, 11) is 0. The molecule has 0 aromatic rings. The lowest BCUT2D eigenvalue weighted by Crippen LogP contribution is -3.12. The van der Waals surface area contributed by atoms with E-state index >= 15 is 0 Å². The molecule has 1 fully saturated rings. The molecule has 64 valence electrons. The first-order valence-electron chi connectivity index (χ1n) is 4.37. The summed E-state index contributed by atoms with van der Waals surface area (Å²) in [5.41, 5.74) is 5.21. The molecule has 1 amide bonds. The van der Waals surface area contributed by atoms with Gasteiger partial charge in [-0.25, -0.2) is 0 Å². The van der Waals surface area contributed by atoms with E-state index < -0.39 is 0 Å². The summed E-state index contributed by atoms with van der Waals surface area (Å²) in [5, 5.41) is 0. The second-order valence-corrected chi connectivity index (χ2v) is 3.28. The van der Waals surface area contributed by atoms with Gasteiger partial charge in [0.1, 0.15) is 0 Å². The molecule has 0 spiro atoms. The lowest BCUT2D eigenvalue weighted by Gasteiger charge is -2.26. The molecule has 1 aliphatic heterocycles. The maximum Gasteiger partial charge on any atom is 0.220 e. The molecule has 1 heterocycles. The molecular formula is C8H17N2O+. The second kappa shape index (κ2) is 3.72. The highest BCUT2D eigenvalue weighted by molar-refractivity contribution is 5.76. The summed E-state index contributed by atoms with van der Waals surface area (Å²) >= 11 is 0. The molecule has 3 N–H and O–H groups in total. The van der Waals surface area contributed by atoms with Crippen LogP contribution in [-0.4, -0.2) is 25.5 Å². The molecule has 11 heavy (non-hydrogen) atoms. The van der Waals surface area contributed by atoms with E-state index in [1.165, 1.54) is 6.54 Å². The van der Waals surface area contributed by atoms with Crippen LogP contribution in [0.25, 0.3) is 0 Å². The quantitative estimate of drug-likeness (QED) is 0.519. The first-order chi connectivity index (χ1) is 5.24. The van der Waals surface area contributed by atoms with Crippen LogP contribution < -0.4 is 10.6 Å².